The van der Waals surface area contributed by atoms with Crippen LogP contribution < -0.4 is 25.8 Å². The molecule has 4 aromatic rings. The number of aliphatic hydroxyl groups excluding tert-OH is 1. The van der Waals surface area contributed by atoms with Gasteiger partial charge in [-0.15, -0.1) is 0 Å². The van der Waals surface area contributed by atoms with E-state index in [0.717, 1.165) is 0 Å². The highest BCUT2D eigenvalue weighted by molar-refractivity contribution is 5.82. The lowest BCUT2D eigenvalue weighted by Crippen LogP contribution is -2.29. The number of para-hydroxylation sites is 1. The number of fused-ring (bicyclic) bond motifs is 3. The summed E-state index contributed by atoms with van der Waals surface area (Å²) < 4.78 is 26.2. The number of nitrogens with zero attached hydrogens (tertiary/aromatic N) is 6. The van der Waals surface area contributed by atoms with Gasteiger partial charge in [0, 0.05) is 20.4 Å². The second kappa shape index (κ2) is 10.4. The molecule has 15 heteroatoms. The van der Waals surface area contributed by atoms with Gasteiger partial charge in [0.1, 0.15) is 42.8 Å². The highest BCUT2D eigenvalue weighted by Gasteiger charge is 2.38. The fourth-order valence-corrected chi connectivity index (χ4v) is 4.66. The summed E-state index contributed by atoms with van der Waals surface area (Å²) in [7, 11) is 1.60. The summed E-state index contributed by atoms with van der Waals surface area (Å²) in [5.74, 6) is 1.91. The van der Waals surface area contributed by atoms with E-state index in [9.17, 15) is 14.7 Å². The highest BCUT2D eigenvalue weighted by atomic mass is 16.6. The van der Waals surface area contributed by atoms with Crippen molar-refractivity contribution in [3.8, 4) is 17.2 Å². The maximum Gasteiger partial charge on any atom is 0.349 e. The molecule has 3 N–H and O–H groups in total. The number of imidazole rings is 1. The molecule has 0 radical (unpaired) electrons. The normalized spacial score (nSPS) is 19.3. The number of anilines is 3. The number of carbonyl (C=O) groups is 1. The molecule has 2 aliphatic heterocycles. The Morgan fingerprint density at radius 2 is 2.15 bits per heavy atom. The number of aliphatic hydroxyl groups is 1. The highest BCUT2D eigenvalue weighted by Crippen LogP contribution is 2.45. The second-order valence-electron chi connectivity index (χ2n) is 9.22. The van der Waals surface area contributed by atoms with Crippen LogP contribution in [-0.2, 0) is 21.3 Å². The fourth-order valence-electron chi connectivity index (χ4n) is 4.66. The minimum atomic E-state index is -0.638. The van der Waals surface area contributed by atoms with Crippen LogP contribution >= 0.6 is 0 Å². The van der Waals surface area contributed by atoms with Crippen molar-refractivity contribution in [2.24, 2.45) is 7.05 Å². The summed E-state index contributed by atoms with van der Waals surface area (Å²) in [5, 5.41) is 16.0. The maximum atomic E-state index is 11.9. The molecule has 3 aromatic heterocycles. The van der Waals surface area contributed by atoms with Gasteiger partial charge in [0.15, 0.2) is 34.3 Å². The zero-order valence-electron chi connectivity index (χ0n) is 21.6. The van der Waals surface area contributed by atoms with E-state index in [-0.39, 0.29) is 13.2 Å². The van der Waals surface area contributed by atoms with E-state index < -0.39 is 30.1 Å². The first kappa shape index (κ1) is 25.5. The molecule has 208 valence electrons. The minimum absolute atomic E-state index is 0.273. The first-order chi connectivity index (χ1) is 19.4. The fraction of sp³-hybridized carbons (Fsp3) is 0.360. The SMILES string of the molecule is CC(=O)O[C@@H]1C[C@H](n2cnc3c(NCCOc4cccc5c4Nc4nc(=O)n(C)cc4O5)ncnc32)O[C@@H]1CO. The third-order valence-electron chi connectivity index (χ3n) is 6.50. The maximum absolute atomic E-state index is 11.9. The van der Waals surface area contributed by atoms with Crippen LogP contribution in [0.4, 0.5) is 17.3 Å². The van der Waals surface area contributed by atoms with Crippen molar-refractivity contribution >= 4 is 34.5 Å². The molecule has 0 aliphatic carbocycles. The number of aryl methyl sites for hydroxylation is 1. The lowest BCUT2D eigenvalue weighted by atomic mass is 10.2. The van der Waals surface area contributed by atoms with E-state index in [1.54, 1.807) is 36.3 Å². The van der Waals surface area contributed by atoms with Gasteiger partial charge in [-0.1, -0.05) is 6.07 Å². The summed E-state index contributed by atoms with van der Waals surface area (Å²) in [4.78, 5) is 40.5. The average Bonchev–Trinajstić information content (AvgIpc) is 3.54. The summed E-state index contributed by atoms with van der Waals surface area (Å²) >= 11 is 0. The van der Waals surface area contributed by atoms with Crippen molar-refractivity contribution in [2.75, 3.05) is 30.4 Å². The zero-order chi connectivity index (χ0) is 27.8. The molecule has 0 unspecified atom stereocenters. The Bertz CT molecular complexity index is 1640. The predicted molar refractivity (Wildman–Crippen MR) is 140 cm³/mol. The molecule has 0 spiro atoms. The van der Waals surface area contributed by atoms with E-state index in [1.165, 1.54) is 17.8 Å². The van der Waals surface area contributed by atoms with Crippen LogP contribution in [0.1, 0.15) is 19.6 Å². The molecule has 1 fully saturated rings. The molecule has 0 amide bonds. The van der Waals surface area contributed by atoms with E-state index in [2.05, 4.69) is 30.6 Å². The summed E-state index contributed by atoms with van der Waals surface area (Å²) in [6.45, 7) is 1.70. The Kier molecular flexibility index (Phi) is 6.65. The standard InChI is InChI=1S/C25H26N8O7/c1-13(35)38-16-8-19(40-18(16)10-34)33-12-29-21-23(27-11-28-24(21)33)26-6-7-37-14-4-3-5-15-20(14)30-22-17(39-15)9-32(2)25(36)31-22/h3-5,9,11-12,16,18-19,34H,6-8,10H2,1-2H3,(H,26,27,28)(H,30,31,36)/t16-,18-,19-/m1/s1. The van der Waals surface area contributed by atoms with Crippen molar-refractivity contribution in [1.82, 2.24) is 29.1 Å². The van der Waals surface area contributed by atoms with E-state index >= 15 is 0 Å². The van der Waals surface area contributed by atoms with Crippen molar-refractivity contribution < 1.29 is 28.8 Å². The number of hydrogen-bond donors (Lipinski definition) is 3. The molecule has 1 aromatic carbocycles. The zero-order valence-corrected chi connectivity index (χ0v) is 21.6. The molecule has 0 bridgehead atoms. The van der Waals surface area contributed by atoms with Crippen LogP contribution in [0.25, 0.3) is 11.2 Å². The molecule has 6 rings (SSSR count). The Labute approximate surface area is 226 Å². The molecular formula is C25H26N8O7. The monoisotopic (exact) mass is 550 g/mol. The first-order valence-corrected chi connectivity index (χ1v) is 12.5. The number of rotatable bonds is 8. The summed E-state index contributed by atoms with van der Waals surface area (Å²) in [6.07, 6.45) is 3.19. The van der Waals surface area contributed by atoms with E-state index in [4.69, 9.17) is 18.9 Å². The van der Waals surface area contributed by atoms with Gasteiger partial charge in [0.25, 0.3) is 0 Å². The molecule has 2 aliphatic rings. The van der Waals surface area contributed by atoms with Crippen molar-refractivity contribution in [1.29, 1.82) is 0 Å². The third kappa shape index (κ3) is 4.76. The molecule has 5 heterocycles. The Balaban J connectivity index is 1.12. The van der Waals surface area contributed by atoms with Crippen LogP contribution in [0.5, 0.6) is 17.2 Å². The number of ether oxygens (including phenoxy) is 4. The lowest BCUT2D eigenvalue weighted by molar-refractivity contribution is -0.150. The number of carbonyl (C=O) groups excluding carboxylic acids is 1. The average molecular weight is 551 g/mol. The van der Waals surface area contributed by atoms with Gasteiger partial charge in [-0.2, -0.15) is 4.98 Å². The molecule has 1 saturated heterocycles. The van der Waals surface area contributed by atoms with Crippen LogP contribution in [0.3, 0.4) is 0 Å². The first-order valence-electron chi connectivity index (χ1n) is 12.5. The Morgan fingerprint density at radius 3 is 2.98 bits per heavy atom. The number of aromatic nitrogens is 6. The smallest absolute Gasteiger partial charge is 0.349 e. The van der Waals surface area contributed by atoms with Gasteiger partial charge in [-0.3, -0.25) is 13.9 Å². The summed E-state index contributed by atoms with van der Waals surface area (Å²) in [5.41, 5.74) is 1.22. The van der Waals surface area contributed by atoms with E-state index in [1.807, 2.05) is 6.07 Å². The van der Waals surface area contributed by atoms with Gasteiger partial charge in [-0.05, 0) is 12.1 Å². The van der Waals surface area contributed by atoms with Crippen molar-refractivity contribution in [3.05, 3.63) is 47.5 Å². The second-order valence-corrected chi connectivity index (χ2v) is 9.22. The van der Waals surface area contributed by atoms with Gasteiger partial charge in [0.05, 0.1) is 25.7 Å². The third-order valence-corrected chi connectivity index (χ3v) is 6.50. The molecular weight excluding hydrogens is 524 g/mol. The van der Waals surface area contributed by atoms with Gasteiger partial charge in [0.2, 0.25) is 0 Å². The van der Waals surface area contributed by atoms with Crippen LogP contribution in [-0.4, -0.2) is 72.1 Å². The molecule has 0 saturated carbocycles. The van der Waals surface area contributed by atoms with Crippen LogP contribution in [0.15, 0.2) is 41.8 Å². The largest absolute Gasteiger partial charge is 0.489 e. The number of nitrogens with one attached hydrogen (secondary N) is 2. The number of benzene rings is 1. The minimum Gasteiger partial charge on any atom is -0.489 e. The molecule has 40 heavy (non-hydrogen) atoms. The van der Waals surface area contributed by atoms with Gasteiger partial charge < -0.3 is 34.7 Å². The van der Waals surface area contributed by atoms with Crippen LogP contribution in [0.2, 0.25) is 0 Å². The Morgan fingerprint density at radius 1 is 1.27 bits per heavy atom. The van der Waals surface area contributed by atoms with Crippen LogP contribution in [0, 0.1) is 0 Å². The topological polar surface area (TPSA) is 177 Å². The summed E-state index contributed by atoms with van der Waals surface area (Å²) in [6, 6.07) is 5.39. The van der Waals surface area contributed by atoms with E-state index in [0.29, 0.717) is 58.7 Å². The van der Waals surface area contributed by atoms with Gasteiger partial charge >= 0.3 is 11.7 Å². The van der Waals surface area contributed by atoms with Crippen molar-refractivity contribution in [3.63, 3.8) is 0 Å². The molecule has 15 nitrogen and oxygen atoms in total. The Hall–Kier alpha value is -4.76. The molecule has 3 atom stereocenters. The lowest BCUT2D eigenvalue weighted by Gasteiger charge is -2.23. The van der Waals surface area contributed by atoms with Gasteiger partial charge in [-0.25, -0.2) is 19.7 Å². The predicted octanol–water partition coefficient (Wildman–Crippen LogP) is 1.47. The van der Waals surface area contributed by atoms with Crippen molar-refractivity contribution in [2.45, 2.75) is 31.8 Å². The number of esters is 1. The number of hydrogen-bond acceptors (Lipinski definition) is 13. The quantitative estimate of drug-likeness (QED) is 0.187.